The van der Waals surface area contributed by atoms with Crippen LogP contribution in [0, 0.1) is 5.82 Å². The van der Waals surface area contributed by atoms with E-state index in [0.29, 0.717) is 5.56 Å². The van der Waals surface area contributed by atoms with Gasteiger partial charge in [-0.15, -0.1) is 13.2 Å². The molecule has 0 unspecified atom stereocenters. The van der Waals surface area contributed by atoms with E-state index in [9.17, 15) is 22.4 Å². The van der Waals surface area contributed by atoms with Gasteiger partial charge in [-0.2, -0.15) is 0 Å². The number of hydrogen-bond acceptors (Lipinski definition) is 6. The number of piperidine rings is 1. The fourth-order valence-electron chi connectivity index (χ4n) is 5.22. The van der Waals surface area contributed by atoms with Crippen molar-refractivity contribution in [3.63, 3.8) is 0 Å². The maximum Gasteiger partial charge on any atom is 0.573 e. The summed E-state index contributed by atoms with van der Waals surface area (Å²) in [5.41, 5.74) is 1.90. The minimum absolute atomic E-state index is 0.0104. The molecule has 2 aliphatic heterocycles. The van der Waals surface area contributed by atoms with E-state index >= 15 is 0 Å². The SMILES string of the molecule is CN1CCN(c2ccc(CN3CCC(NC(=O)c4ccc(F)c(-c5ccc(OC(F)(F)F)cc5)c4)CC3)cn2)CC1. The van der Waals surface area contributed by atoms with E-state index in [0.717, 1.165) is 82.2 Å². The summed E-state index contributed by atoms with van der Waals surface area (Å²) in [5.74, 6) is -0.281. The number of nitrogens with one attached hydrogen (secondary N) is 1. The van der Waals surface area contributed by atoms with Crippen molar-refractivity contribution < 1.29 is 27.1 Å². The normalized spacial score (nSPS) is 17.4. The van der Waals surface area contributed by atoms with Crippen LogP contribution in [0.1, 0.15) is 28.8 Å². The van der Waals surface area contributed by atoms with Gasteiger partial charge in [-0.1, -0.05) is 18.2 Å². The first-order valence-electron chi connectivity index (χ1n) is 13.7. The van der Waals surface area contributed by atoms with E-state index in [4.69, 9.17) is 0 Å². The number of benzene rings is 2. The number of aromatic nitrogens is 1. The molecule has 0 radical (unpaired) electrons. The quantitative estimate of drug-likeness (QED) is 0.406. The van der Waals surface area contributed by atoms with Crippen molar-refractivity contribution >= 4 is 11.7 Å². The monoisotopic (exact) mass is 571 g/mol. The molecule has 3 aromatic rings. The number of carbonyl (C=O) groups is 1. The average molecular weight is 572 g/mol. The van der Waals surface area contributed by atoms with Gasteiger partial charge in [0.15, 0.2) is 0 Å². The van der Waals surface area contributed by atoms with E-state index < -0.39 is 17.9 Å². The lowest BCUT2D eigenvalue weighted by Crippen LogP contribution is -2.45. The zero-order chi connectivity index (χ0) is 29.0. The Kier molecular flexibility index (Phi) is 8.74. The molecule has 218 valence electrons. The number of anilines is 1. The van der Waals surface area contributed by atoms with E-state index in [2.05, 4.69) is 48.9 Å². The number of carbonyl (C=O) groups excluding carboxylic acids is 1. The smallest absolute Gasteiger partial charge is 0.406 e. The molecule has 0 saturated carbocycles. The van der Waals surface area contributed by atoms with Crippen LogP contribution in [0.3, 0.4) is 0 Å². The fraction of sp³-hybridized carbons (Fsp3) is 0.400. The van der Waals surface area contributed by atoms with E-state index in [1.54, 1.807) is 0 Å². The lowest BCUT2D eigenvalue weighted by Gasteiger charge is -2.33. The number of alkyl halides is 3. The van der Waals surface area contributed by atoms with Gasteiger partial charge in [-0.05, 0) is 67.4 Å². The van der Waals surface area contributed by atoms with Gasteiger partial charge in [-0.3, -0.25) is 9.69 Å². The van der Waals surface area contributed by atoms with Crippen molar-refractivity contribution in [1.29, 1.82) is 0 Å². The van der Waals surface area contributed by atoms with Gasteiger partial charge in [0, 0.05) is 69.2 Å². The first kappa shape index (κ1) is 28.8. The number of piperazine rings is 1. The molecule has 3 heterocycles. The van der Waals surface area contributed by atoms with Gasteiger partial charge in [-0.25, -0.2) is 9.37 Å². The summed E-state index contributed by atoms with van der Waals surface area (Å²) in [5, 5.41) is 3.05. The third-order valence-corrected chi connectivity index (χ3v) is 7.59. The van der Waals surface area contributed by atoms with Crippen LogP contribution < -0.4 is 15.0 Å². The third kappa shape index (κ3) is 7.74. The van der Waals surface area contributed by atoms with Crippen LogP contribution in [0.2, 0.25) is 0 Å². The maximum atomic E-state index is 14.5. The number of likely N-dealkylation sites (N-methyl/N-ethyl adjacent to an activating group) is 1. The van der Waals surface area contributed by atoms with E-state index in [1.165, 1.54) is 30.3 Å². The number of amides is 1. The predicted octanol–water partition coefficient (Wildman–Crippen LogP) is 4.93. The van der Waals surface area contributed by atoms with Crippen molar-refractivity contribution in [2.24, 2.45) is 0 Å². The molecule has 0 bridgehead atoms. The van der Waals surface area contributed by atoms with Crippen LogP contribution in [0.4, 0.5) is 23.4 Å². The number of ether oxygens (including phenoxy) is 1. The highest BCUT2D eigenvalue weighted by Crippen LogP contribution is 2.29. The first-order chi connectivity index (χ1) is 19.6. The van der Waals surface area contributed by atoms with Crippen molar-refractivity contribution in [2.75, 3.05) is 51.2 Å². The number of nitrogens with zero attached hydrogens (tertiary/aromatic N) is 4. The van der Waals surface area contributed by atoms with Crippen LogP contribution in [-0.4, -0.2) is 79.4 Å². The van der Waals surface area contributed by atoms with Gasteiger partial charge in [0.1, 0.15) is 17.4 Å². The molecular formula is C30H33F4N5O2. The molecule has 2 aliphatic rings. The Morgan fingerprint density at radius 1 is 0.976 bits per heavy atom. The Hall–Kier alpha value is -3.70. The van der Waals surface area contributed by atoms with Gasteiger partial charge in [0.05, 0.1) is 0 Å². The minimum Gasteiger partial charge on any atom is -0.406 e. The first-order valence-corrected chi connectivity index (χ1v) is 13.7. The molecule has 7 nitrogen and oxygen atoms in total. The molecule has 0 aliphatic carbocycles. The molecule has 2 aromatic carbocycles. The number of hydrogen-bond donors (Lipinski definition) is 1. The van der Waals surface area contributed by atoms with Crippen LogP contribution >= 0.6 is 0 Å². The average Bonchev–Trinajstić information content (AvgIpc) is 2.95. The van der Waals surface area contributed by atoms with Gasteiger partial charge in [0.2, 0.25) is 0 Å². The second kappa shape index (κ2) is 12.4. The Labute approximate surface area is 236 Å². The molecule has 0 atom stereocenters. The molecule has 2 fully saturated rings. The number of rotatable bonds is 7. The second-order valence-corrected chi connectivity index (χ2v) is 10.6. The fourth-order valence-corrected chi connectivity index (χ4v) is 5.22. The highest BCUT2D eigenvalue weighted by molar-refractivity contribution is 5.95. The summed E-state index contributed by atoms with van der Waals surface area (Å²) >= 11 is 0. The summed E-state index contributed by atoms with van der Waals surface area (Å²) in [6.45, 7) is 6.48. The lowest BCUT2D eigenvalue weighted by molar-refractivity contribution is -0.274. The molecule has 41 heavy (non-hydrogen) atoms. The van der Waals surface area contributed by atoms with Crippen molar-refractivity contribution in [1.82, 2.24) is 20.1 Å². The van der Waals surface area contributed by atoms with Gasteiger partial charge < -0.3 is 19.9 Å². The van der Waals surface area contributed by atoms with E-state index in [-0.39, 0.29) is 23.1 Å². The molecule has 2 saturated heterocycles. The molecule has 0 spiro atoms. The second-order valence-electron chi connectivity index (χ2n) is 10.6. The minimum atomic E-state index is -4.81. The summed E-state index contributed by atoms with van der Waals surface area (Å²) in [6, 6.07) is 13.1. The Bertz CT molecular complexity index is 1320. The highest BCUT2D eigenvalue weighted by Gasteiger charge is 2.31. The molecule has 1 aromatic heterocycles. The maximum absolute atomic E-state index is 14.5. The Morgan fingerprint density at radius 2 is 1.68 bits per heavy atom. The zero-order valence-electron chi connectivity index (χ0n) is 22.8. The zero-order valence-corrected chi connectivity index (χ0v) is 22.8. The Balaban J connectivity index is 1.12. The molecule has 1 N–H and O–H groups in total. The number of pyridine rings is 1. The van der Waals surface area contributed by atoms with Crippen molar-refractivity contribution in [3.8, 4) is 16.9 Å². The molecule has 1 amide bonds. The highest BCUT2D eigenvalue weighted by atomic mass is 19.4. The summed E-state index contributed by atoms with van der Waals surface area (Å²) in [7, 11) is 2.13. The van der Waals surface area contributed by atoms with Gasteiger partial charge >= 0.3 is 6.36 Å². The van der Waals surface area contributed by atoms with Gasteiger partial charge in [0.25, 0.3) is 5.91 Å². The number of halogens is 4. The molecule has 5 rings (SSSR count). The summed E-state index contributed by atoms with van der Waals surface area (Å²) in [4.78, 5) is 24.6. The standard InChI is InChI=1S/C30H33F4N5O2/c1-37-14-16-39(17-15-37)28-9-2-21(19-35-28)20-38-12-10-24(11-13-38)36-29(40)23-5-8-27(31)26(18-23)22-3-6-25(7-4-22)41-30(32,33)34/h2-9,18-19,24H,10-17,20H2,1H3,(H,36,40). The van der Waals surface area contributed by atoms with Crippen LogP contribution in [0.15, 0.2) is 60.8 Å². The molecular weight excluding hydrogens is 538 g/mol. The van der Waals surface area contributed by atoms with Crippen LogP contribution in [-0.2, 0) is 6.54 Å². The van der Waals surface area contributed by atoms with Crippen LogP contribution in [0.5, 0.6) is 5.75 Å². The lowest BCUT2D eigenvalue weighted by atomic mass is 10.0. The third-order valence-electron chi connectivity index (χ3n) is 7.59. The van der Waals surface area contributed by atoms with Crippen LogP contribution in [0.25, 0.3) is 11.1 Å². The van der Waals surface area contributed by atoms with Crippen molar-refractivity contribution in [2.45, 2.75) is 31.8 Å². The topological polar surface area (TPSA) is 60.9 Å². The largest absolute Gasteiger partial charge is 0.573 e. The predicted molar refractivity (Wildman–Crippen MR) is 148 cm³/mol. The van der Waals surface area contributed by atoms with E-state index in [1.807, 2.05) is 6.20 Å². The summed E-state index contributed by atoms with van der Waals surface area (Å²) < 4.78 is 55.7. The number of likely N-dealkylation sites (tertiary alicyclic amines) is 1. The Morgan fingerprint density at radius 3 is 2.32 bits per heavy atom. The molecule has 11 heteroatoms. The summed E-state index contributed by atoms with van der Waals surface area (Å²) in [6.07, 6.45) is -1.29. The van der Waals surface area contributed by atoms with Crippen molar-refractivity contribution in [3.05, 3.63) is 77.7 Å².